The first-order valence-corrected chi connectivity index (χ1v) is 15.8. The van der Waals surface area contributed by atoms with E-state index in [1.807, 2.05) is 0 Å². The molecule has 0 saturated heterocycles. The standard InChI is InChI=1S/C40H37N/c1-2-8-28(9-3-1)30-10-6-11-31(25-30)29-16-18-34(19-17-29)41-38-15-7-14-37-39(38)35-12-4-5-13-36(35)40(37)32-21-26-20-27(23-32)24-33(40)22-26/h1-16,18,25-27,32-33,41H,17,19-24H2. The Bertz CT molecular complexity index is 1690. The Kier molecular flexibility index (Phi) is 5.28. The summed E-state index contributed by atoms with van der Waals surface area (Å²) in [6.45, 7) is 0. The van der Waals surface area contributed by atoms with Gasteiger partial charge in [0.05, 0.1) is 0 Å². The van der Waals surface area contributed by atoms with Crippen LogP contribution in [0.15, 0.2) is 115 Å². The van der Waals surface area contributed by atoms with E-state index in [1.165, 1.54) is 76.9 Å². The van der Waals surface area contributed by atoms with E-state index in [4.69, 9.17) is 0 Å². The van der Waals surface area contributed by atoms with Crippen molar-refractivity contribution < 1.29 is 0 Å². The lowest BCUT2D eigenvalue weighted by molar-refractivity contribution is -0.0399. The molecular formula is C40H37N. The second-order valence-corrected chi connectivity index (χ2v) is 13.4. The Labute approximate surface area is 244 Å². The largest absolute Gasteiger partial charge is 0.358 e. The maximum absolute atomic E-state index is 3.95. The molecule has 0 heterocycles. The first kappa shape index (κ1) is 23.8. The fourth-order valence-electron chi connectivity index (χ4n) is 9.99. The maximum atomic E-state index is 3.95. The fourth-order valence-corrected chi connectivity index (χ4v) is 9.99. The molecule has 4 fully saturated rings. The summed E-state index contributed by atoms with van der Waals surface area (Å²) in [6.07, 6.45) is 14.0. The molecule has 10 rings (SSSR count). The number of hydrogen-bond acceptors (Lipinski definition) is 1. The summed E-state index contributed by atoms with van der Waals surface area (Å²) < 4.78 is 0. The van der Waals surface area contributed by atoms with Crippen molar-refractivity contribution >= 4 is 11.3 Å². The summed E-state index contributed by atoms with van der Waals surface area (Å²) in [5.74, 6) is 3.56. The quantitative estimate of drug-likeness (QED) is 0.276. The number of fused-ring (bicyclic) bond motifs is 3. The molecule has 1 heteroatoms. The van der Waals surface area contributed by atoms with Crippen molar-refractivity contribution in [3.05, 3.63) is 132 Å². The van der Waals surface area contributed by atoms with Crippen molar-refractivity contribution in [1.29, 1.82) is 0 Å². The van der Waals surface area contributed by atoms with Crippen LogP contribution in [-0.4, -0.2) is 0 Å². The average Bonchev–Trinajstić information content (AvgIpc) is 3.32. The van der Waals surface area contributed by atoms with Gasteiger partial charge in [-0.2, -0.15) is 0 Å². The highest BCUT2D eigenvalue weighted by molar-refractivity contribution is 5.91. The number of nitrogens with one attached hydrogen (secondary N) is 1. The van der Waals surface area contributed by atoms with Gasteiger partial charge in [-0.3, -0.25) is 0 Å². The van der Waals surface area contributed by atoms with Crippen LogP contribution < -0.4 is 5.32 Å². The highest BCUT2D eigenvalue weighted by atomic mass is 14.9. The summed E-state index contributed by atoms with van der Waals surface area (Å²) in [5.41, 5.74) is 14.4. The van der Waals surface area contributed by atoms with Gasteiger partial charge >= 0.3 is 0 Å². The van der Waals surface area contributed by atoms with Crippen LogP contribution in [0.2, 0.25) is 0 Å². The molecule has 4 aromatic carbocycles. The Hall–Kier alpha value is -3.84. The lowest BCUT2D eigenvalue weighted by atomic mass is 9.43. The van der Waals surface area contributed by atoms with Gasteiger partial charge in [-0.1, -0.05) is 91.0 Å². The molecular weight excluding hydrogens is 494 g/mol. The van der Waals surface area contributed by atoms with Crippen LogP contribution in [0, 0.1) is 23.7 Å². The van der Waals surface area contributed by atoms with Crippen molar-refractivity contribution in [2.45, 2.75) is 50.4 Å². The van der Waals surface area contributed by atoms with E-state index in [0.29, 0.717) is 0 Å². The molecule has 0 radical (unpaired) electrons. The third kappa shape index (κ3) is 3.54. The van der Waals surface area contributed by atoms with E-state index in [2.05, 4.69) is 115 Å². The van der Waals surface area contributed by atoms with E-state index in [-0.39, 0.29) is 5.41 Å². The summed E-state index contributed by atoms with van der Waals surface area (Å²) in [6, 6.07) is 36.3. The number of anilines is 1. The zero-order chi connectivity index (χ0) is 27.0. The second kappa shape index (κ2) is 9.08. The number of benzene rings is 4. The summed E-state index contributed by atoms with van der Waals surface area (Å²) >= 11 is 0. The van der Waals surface area contributed by atoms with Gasteiger partial charge in [0, 0.05) is 22.4 Å². The smallest absolute Gasteiger partial charge is 0.0464 e. The molecule has 0 unspecified atom stereocenters. The van der Waals surface area contributed by atoms with Crippen LogP contribution in [0.4, 0.5) is 5.69 Å². The molecule has 6 aliphatic carbocycles. The highest BCUT2D eigenvalue weighted by Crippen LogP contribution is 2.69. The zero-order valence-electron chi connectivity index (χ0n) is 23.7. The molecule has 1 nitrogen and oxygen atoms in total. The van der Waals surface area contributed by atoms with Gasteiger partial charge in [0.25, 0.3) is 0 Å². The van der Waals surface area contributed by atoms with Crippen molar-refractivity contribution in [2.75, 3.05) is 5.32 Å². The molecule has 0 aromatic heterocycles. The third-order valence-corrected chi connectivity index (χ3v) is 11.4. The van der Waals surface area contributed by atoms with E-state index >= 15 is 0 Å². The van der Waals surface area contributed by atoms with Crippen LogP contribution in [0.25, 0.3) is 27.8 Å². The van der Waals surface area contributed by atoms with Gasteiger partial charge in [-0.15, -0.1) is 0 Å². The van der Waals surface area contributed by atoms with Crippen LogP contribution in [0.1, 0.15) is 61.6 Å². The molecule has 41 heavy (non-hydrogen) atoms. The molecule has 4 saturated carbocycles. The van der Waals surface area contributed by atoms with Crippen molar-refractivity contribution in [3.8, 4) is 22.3 Å². The van der Waals surface area contributed by atoms with Gasteiger partial charge < -0.3 is 5.32 Å². The Morgan fingerprint density at radius 3 is 2.02 bits per heavy atom. The number of rotatable bonds is 4. The first-order chi connectivity index (χ1) is 20.3. The van der Waals surface area contributed by atoms with Gasteiger partial charge in [-0.05, 0) is 126 Å². The third-order valence-electron chi connectivity index (χ3n) is 11.4. The lowest BCUT2D eigenvalue weighted by Crippen LogP contribution is -2.55. The number of hydrogen-bond donors (Lipinski definition) is 1. The minimum Gasteiger partial charge on any atom is -0.358 e. The van der Waals surface area contributed by atoms with Crippen LogP contribution in [0.3, 0.4) is 0 Å². The molecule has 202 valence electrons. The maximum Gasteiger partial charge on any atom is 0.0464 e. The number of allylic oxidation sites excluding steroid dienone is 4. The summed E-state index contributed by atoms with van der Waals surface area (Å²) in [7, 11) is 0. The van der Waals surface area contributed by atoms with Gasteiger partial charge in [0.1, 0.15) is 0 Å². The summed E-state index contributed by atoms with van der Waals surface area (Å²) in [5, 5.41) is 3.95. The van der Waals surface area contributed by atoms with E-state index < -0.39 is 0 Å². The lowest BCUT2D eigenvalue weighted by Gasteiger charge is -2.61. The summed E-state index contributed by atoms with van der Waals surface area (Å²) in [4.78, 5) is 0. The molecule has 1 spiro atoms. The first-order valence-electron chi connectivity index (χ1n) is 15.8. The normalized spacial score (nSPS) is 28.7. The van der Waals surface area contributed by atoms with E-state index in [0.717, 1.165) is 36.5 Å². The van der Waals surface area contributed by atoms with Crippen molar-refractivity contribution in [2.24, 2.45) is 23.7 Å². The topological polar surface area (TPSA) is 12.0 Å². The Balaban J connectivity index is 1.07. The molecule has 6 aliphatic rings. The molecule has 4 bridgehead atoms. The van der Waals surface area contributed by atoms with E-state index in [9.17, 15) is 0 Å². The van der Waals surface area contributed by atoms with Gasteiger partial charge in [0.2, 0.25) is 0 Å². The molecule has 1 N–H and O–H groups in total. The van der Waals surface area contributed by atoms with E-state index in [1.54, 1.807) is 11.1 Å². The monoisotopic (exact) mass is 531 g/mol. The van der Waals surface area contributed by atoms with Gasteiger partial charge in [-0.25, -0.2) is 0 Å². The fraction of sp³-hybridized carbons (Fsp3) is 0.300. The molecule has 0 atom stereocenters. The van der Waals surface area contributed by atoms with Gasteiger partial charge in [0.15, 0.2) is 0 Å². The van der Waals surface area contributed by atoms with Crippen LogP contribution in [-0.2, 0) is 5.41 Å². The minimum atomic E-state index is 0.231. The second-order valence-electron chi connectivity index (χ2n) is 13.4. The van der Waals surface area contributed by atoms with Crippen LogP contribution >= 0.6 is 0 Å². The predicted molar refractivity (Wildman–Crippen MR) is 170 cm³/mol. The SMILES string of the molecule is C1=C(Nc2cccc3c2-c2ccccc2C32C3CC4CC(C3)CC2C4)CCC(c2cccc(-c3ccccc3)c2)=C1. The van der Waals surface area contributed by atoms with Crippen molar-refractivity contribution in [1.82, 2.24) is 0 Å². The Morgan fingerprint density at radius 1 is 0.561 bits per heavy atom. The van der Waals surface area contributed by atoms with Crippen LogP contribution in [0.5, 0.6) is 0 Å². The Morgan fingerprint density at radius 2 is 1.24 bits per heavy atom. The van der Waals surface area contributed by atoms with Crippen molar-refractivity contribution in [3.63, 3.8) is 0 Å². The predicted octanol–water partition coefficient (Wildman–Crippen LogP) is 10.2. The molecule has 0 aliphatic heterocycles. The minimum absolute atomic E-state index is 0.231. The molecule has 4 aromatic rings. The molecule has 0 amide bonds. The average molecular weight is 532 g/mol. The highest BCUT2D eigenvalue weighted by Gasteiger charge is 2.61. The zero-order valence-corrected chi connectivity index (χ0v) is 23.7.